The molecule has 7 atom stereocenters. The first-order valence-corrected chi connectivity index (χ1v) is 23.4. The number of benzene rings is 1. The Balaban J connectivity index is 2.32. The van der Waals surface area contributed by atoms with E-state index in [1.807, 2.05) is 6.26 Å². The smallest absolute Gasteiger partial charge is 0.326 e. The second kappa shape index (κ2) is 28.4. The highest BCUT2D eigenvalue weighted by atomic mass is 32.2. The fourth-order valence-corrected chi connectivity index (χ4v) is 7.59. The minimum Gasteiger partial charge on any atom is -0.508 e. The minimum atomic E-state index is -1.40. The Morgan fingerprint density at radius 1 is 0.800 bits per heavy atom. The SMILES string of the molecule is CSCC[C@H](N)C(=O)N1CCC[C@H]1C(=O)NCC(=O)N[C@@H](CCC(N)=O)C(=O)N[C@@H](CC(C)C)C(=O)N[C@@H](Cc1ccc(O)cc1)C(=O)N[C@@H](CCCCN)C(=O)N[C@H](C(=O)O)C(C)C. The van der Waals surface area contributed by atoms with Gasteiger partial charge in [0.2, 0.25) is 47.3 Å². The molecule has 8 amide bonds. The number of nitrogens with two attached hydrogens (primary N) is 3. The van der Waals surface area contributed by atoms with Crippen LogP contribution in [0.5, 0.6) is 5.75 Å². The zero-order chi connectivity index (χ0) is 48.8. The van der Waals surface area contributed by atoms with Gasteiger partial charge in [0.15, 0.2) is 0 Å². The third kappa shape index (κ3) is 19.7. The number of unbranched alkanes of at least 4 members (excludes halogenated alkanes) is 1. The average Bonchev–Trinajstić information content (AvgIpc) is 3.74. The highest BCUT2D eigenvalue weighted by molar-refractivity contribution is 7.98. The molecule has 22 heteroatoms. The van der Waals surface area contributed by atoms with Crippen LogP contribution in [0.15, 0.2) is 24.3 Å². The second-order valence-corrected chi connectivity index (χ2v) is 17.9. The molecule has 1 aromatic carbocycles. The molecule has 0 aliphatic carbocycles. The van der Waals surface area contributed by atoms with E-state index in [1.165, 1.54) is 29.2 Å². The topological polar surface area (TPSA) is 348 Å². The molecule has 1 aliphatic heterocycles. The maximum atomic E-state index is 14.1. The summed E-state index contributed by atoms with van der Waals surface area (Å²) in [6.45, 7) is 6.85. The van der Waals surface area contributed by atoms with Crippen LogP contribution in [-0.4, -0.2) is 142 Å². The maximum Gasteiger partial charge on any atom is 0.326 e. The number of carbonyl (C=O) groups excluding carboxylic acids is 8. The van der Waals surface area contributed by atoms with Crippen LogP contribution in [0.4, 0.5) is 0 Å². The highest BCUT2D eigenvalue weighted by Crippen LogP contribution is 2.19. The van der Waals surface area contributed by atoms with Gasteiger partial charge in [-0.1, -0.05) is 39.8 Å². The van der Waals surface area contributed by atoms with Crippen molar-refractivity contribution in [3.05, 3.63) is 29.8 Å². The van der Waals surface area contributed by atoms with Crippen molar-refractivity contribution in [2.75, 3.05) is 31.6 Å². The first-order chi connectivity index (χ1) is 30.7. The van der Waals surface area contributed by atoms with Gasteiger partial charge in [0.1, 0.15) is 42.0 Å². The van der Waals surface area contributed by atoms with Crippen molar-refractivity contribution in [1.29, 1.82) is 0 Å². The number of carboxylic acid groups (broad SMARTS) is 1. The summed E-state index contributed by atoms with van der Waals surface area (Å²) in [7, 11) is 0. The number of nitrogens with zero attached hydrogens (tertiary/aromatic N) is 1. The molecule has 14 N–H and O–H groups in total. The number of carboxylic acids is 1. The summed E-state index contributed by atoms with van der Waals surface area (Å²) in [5.41, 5.74) is 17.6. The molecular weight excluding hydrogens is 865 g/mol. The van der Waals surface area contributed by atoms with Crippen molar-refractivity contribution < 1.29 is 53.4 Å². The monoisotopic (exact) mass is 934 g/mol. The Morgan fingerprint density at radius 3 is 1.97 bits per heavy atom. The number of thioether (sulfide) groups is 1. The molecule has 1 saturated heterocycles. The molecular formula is C43H70N10O11S. The highest BCUT2D eigenvalue weighted by Gasteiger charge is 2.37. The molecule has 0 saturated carbocycles. The molecule has 0 spiro atoms. The lowest BCUT2D eigenvalue weighted by molar-refractivity contribution is -0.143. The summed E-state index contributed by atoms with van der Waals surface area (Å²) in [6.07, 6.45) is 3.56. The lowest BCUT2D eigenvalue weighted by atomic mass is 9.99. The fourth-order valence-electron chi connectivity index (χ4n) is 7.10. The van der Waals surface area contributed by atoms with Crippen LogP contribution >= 0.6 is 11.8 Å². The van der Waals surface area contributed by atoms with E-state index in [0.29, 0.717) is 56.5 Å². The summed E-state index contributed by atoms with van der Waals surface area (Å²) < 4.78 is 0. The molecule has 65 heavy (non-hydrogen) atoms. The fraction of sp³-hybridized carbons (Fsp3) is 0.651. The van der Waals surface area contributed by atoms with E-state index in [2.05, 4.69) is 31.9 Å². The Morgan fingerprint density at radius 2 is 1.38 bits per heavy atom. The van der Waals surface area contributed by atoms with Gasteiger partial charge in [-0.15, -0.1) is 0 Å². The van der Waals surface area contributed by atoms with Crippen LogP contribution < -0.4 is 49.1 Å². The van der Waals surface area contributed by atoms with E-state index in [-0.39, 0.29) is 49.7 Å². The van der Waals surface area contributed by atoms with Gasteiger partial charge in [0, 0.05) is 19.4 Å². The summed E-state index contributed by atoms with van der Waals surface area (Å²) in [6, 6.07) is -2.33. The van der Waals surface area contributed by atoms with Crippen molar-refractivity contribution in [2.24, 2.45) is 29.0 Å². The minimum absolute atomic E-state index is 0.0467. The van der Waals surface area contributed by atoms with E-state index in [4.69, 9.17) is 17.2 Å². The van der Waals surface area contributed by atoms with Gasteiger partial charge in [-0.25, -0.2) is 4.79 Å². The number of hydrogen-bond acceptors (Lipinski definition) is 13. The number of carbonyl (C=O) groups is 9. The van der Waals surface area contributed by atoms with Gasteiger partial charge in [-0.05, 0) is 99.5 Å². The zero-order valence-electron chi connectivity index (χ0n) is 38.1. The third-order valence-corrected chi connectivity index (χ3v) is 11.3. The van der Waals surface area contributed by atoms with Crippen LogP contribution in [0.25, 0.3) is 0 Å². The van der Waals surface area contributed by atoms with Gasteiger partial charge >= 0.3 is 5.97 Å². The van der Waals surface area contributed by atoms with Gasteiger partial charge in [0.05, 0.1) is 12.6 Å². The average molecular weight is 935 g/mol. The maximum absolute atomic E-state index is 14.1. The second-order valence-electron chi connectivity index (χ2n) is 17.0. The number of phenols is 1. The van der Waals surface area contributed by atoms with Gasteiger partial charge in [0.25, 0.3) is 0 Å². The molecule has 2 rings (SSSR count). The van der Waals surface area contributed by atoms with Gasteiger partial charge in [-0.3, -0.25) is 38.4 Å². The summed E-state index contributed by atoms with van der Waals surface area (Å²) in [5, 5.41) is 35.0. The molecule has 0 unspecified atom stereocenters. The number of primary amides is 1. The van der Waals surface area contributed by atoms with Crippen molar-refractivity contribution in [3.63, 3.8) is 0 Å². The Labute approximate surface area is 384 Å². The number of rotatable bonds is 29. The van der Waals surface area contributed by atoms with E-state index in [0.717, 1.165) is 0 Å². The van der Waals surface area contributed by atoms with E-state index in [1.54, 1.807) is 39.5 Å². The Hall–Kier alpha value is -5.48. The molecule has 1 aliphatic rings. The van der Waals surface area contributed by atoms with E-state index >= 15 is 0 Å². The third-order valence-electron chi connectivity index (χ3n) is 10.7. The van der Waals surface area contributed by atoms with Gasteiger partial charge < -0.3 is 64.2 Å². The first-order valence-electron chi connectivity index (χ1n) is 22.0. The predicted octanol–water partition coefficient (Wildman–Crippen LogP) is -1.27. The molecule has 1 aromatic rings. The van der Waals surface area contributed by atoms with Crippen molar-refractivity contribution >= 4 is 65.0 Å². The van der Waals surface area contributed by atoms with Crippen LogP contribution in [-0.2, 0) is 49.6 Å². The van der Waals surface area contributed by atoms with E-state index in [9.17, 15) is 53.4 Å². The van der Waals surface area contributed by atoms with Crippen LogP contribution in [0.2, 0.25) is 0 Å². The molecule has 0 aromatic heterocycles. The Bertz CT molecular complexity index is 1780. The number of likely N-dealkylation sites (tertiary alicyclic amines) is 1. The number of hydrogen-bond donors (Lipinski definition) is 11. The van der Waals surface area contributed by atoms with Gasteiger partial charge in [-0.2, -0.15) is 11.8 Å². The molecule has 0 radical (unpaired) electrons. The summed E-state index contributed by atoms with van der Waals surface area (Å²) in [5.74, 6) is -7.09. The number of amides is 8. The molecule has 1 fully saturated rings. The standard InChI is InChI=1S/C43H70N10O11S/c1-24(2)21-31(50-37(57)30(15-16-34(46)55)48-35(56)23-47-41(61)33-10-8-19-53(33)42(62)28(45)17-20-65-5)39(59)51-32(22-26-11-13-27(54)14-12-26)40(60)49-29(9-6-7-18-44)38(58)52-36(25(3)4)43(63)64/h11-14,24-25,28-33,36,54H,6-10,15-23,44-45H2,1-5H3,(H2,46,55)(H,47,61)(H,48,56)(H,49,60)(H,50,57)(H,51,59)(H,52,58)(H,63,64)/t28-,29-,30-,31-,32-,33-,36-/m0/s1. The van der Waals surface area contributed by atoms with Crippen molar-refractivity contribution in [1.82, 2.24) is 36.8 Å². The molecule has 0 bridgehead atoms. The van der Waals surface area contributed by atoms with Crippen LogP contribution in [0.3, 0.4) is 0 Å². The van der Waals surface area contributed by atoms with Crippen molar-refractivity contribution in [3.8, 4) is 5.75 Å². The first kappa shape index (κ1) is 55.7. The predicted molar refractivity (Wildman–Crippen MR) is 243 cm³/mol. The molecule has 364 valence electrons. The van der Waals surface area contributed by atoms with Crippen molar-refractivity contribution in [2.45, 2.75) is 134 Å². The summed E-state index contributed by atoms with van der Waals surface area (Å²) >= 11 is 1.54. The van der Waals surface area contributed by atoms with Crippen LogP contribution in [0, 0.1) is 11.8 Å². The zero-order valence-corrected chi connectivity index (χ0v) is 38.9. The number of nitrogens with one attached hydrogen (secondary N) is 6. The number of phenolic OH excluding ortho intramolecular Hbond substituents is 1. The Kier molecular flexibility index (Phi) is 24.3. The number of aliphatic carboxylic acids is 1. The quantitative estimate of drug-likeness (QED) is 0.0418. The van der Waals surface area contributed by atoms with Crippen LogP contribution in [0.1, 0.15) is 91.0 Å². The lowest BCUT2D eigenvalue weighted by Gasteiger charge is -2.28. The largest absolute Gasteiger partial charge is 0.508 e. The molecule has 21 nitrogen and oxygen atoms in total. The molecule has 1 heterocycles. The number of aromatic hydroxyl groups is 1. The lowest BCUT2D eigenvalue weighted by Crippen LogP contribution is -2.60. The van der Waals surface area contributed by atoms with E-state index < -0.39 is 102 Å². The summed E-state index contributed by atoms with van der Waals surface area (Å²) in [4.78, 5) is 120. The normalized spacial score (nSPS) is 16.3.